The van der Waals surface area contributed by atoms with E-state index in [4.69, 9.17) is 9.47 Å². The number of hydrogen-bond acceptors (Lipinski definition) is 8. The van der Waals surface area contributed by atoms with E-state index in [-0.39, 0.29) is 26.0 Å². The van der Waals surface area contributed by atoms with E-state index in [2.05, 4.69) is 21.0 Å². The van der Waals surface area contributed by atoms with Gasteiger partial charge in [0.05, 0.1) is 19.7 Å². The molecule has 0 unspecified atom stereocenters. The molecular formula is C21H23FN6O3. The topological polar surface area (TPSA) is 104 Å². The lowest BCUT2D eigenvalue weighted by Crippen LogP contribution is -2.53. The highest BCUT2D eigenvalue weighted by molar-refractivity contribution is 5.86. The first kappa shape index (κ1) is 20.8. The van der Waals surface area contributed by atoms with Crippen molar-refractivity contribution in [2.45, 2.75) is 31.5 Å². The largest absolute Gasteiger partial charge is 0.490 e. The zero-order chi connectivity index (χ0) is 22.0. The average molecular weight is 426 g/mol. The van der Waals surface area contributed by atoms with Gasteiger partial charge in [-0.3, -0.25) is 9.78 Å². The Kier molecular flexibility index (Phi) is 5.59. The Hall–Kier alpha value is -3.48. The van der Waals surface area contributed by atoms with Crippen LogP contribution in [0.1, 0.15) is 36.9 Å². The number of nitriles is 1. The van der Waals surface area contributed by atoms with Gasteiger partial charge < -0.3 is 19.3 Å². The van der Waals surface area contributed by atoms with Crippen molar-refractivity contribution in [2.75, 3.05) is 38.3 Å². The van der Waals surface area contributed by atoms with Crippen molar-refractivity contribution in [1.29, 1.82) is 5.26 Å². The lowest BCUT2D eigenvalue weighted by Gasteiger charge is -2.39. The predicted octanol–water partition coefficient (Wildman–Crippen LogP) is 2.04. The molecule has 31 heavy (non-hydrogen) atoms. The van der Waals surface area contributed by atoms with Crippen LogP contribution in [0.3, 0.4) is 0 Å². The highest BCUT2D eigenvalue weighted by atomic mass is 19.1. The number of hydrogen-bond donors (Lipinski definition) is 0. The van der Waals surface area contributed by atoms with E-state index >= 15 is 4.39 Å². The minimum atomic E-state index is -1.98. The molecule has 1 fully saturated rings. The molecule has 0 N–H and O–H groups in total. The second-order valence-corrected chi connectivity index (χ2v) is 7.61. The first-order chi connectivity index (χ1) is 15.0. The van der Waals surface area contributed by atoms with Crippen LogP contribution in [0.2, 0.25) is 0 Å². The number of anilines is 1. The van der Waals surface area contributed by atoms with Gasteiger partial charge in [0.1, 0.15) is 36.1 Å². The molecule has 4 rings (SSSR count). The normalized spacial score (nSPS) is 20.1. The number of piperidine rings is 1. The summed E-state index contributed by atoms with van der Waals surface area (Å²) < 4.78 is 26.7. The van der Waals surface area contributed by atoms with Crippen LogP contribution < -0.4 is 14.4 Å². The van der Waals surface area contributed by atoms with Gasteiger partial charge >= 0.3 is 0 Å². The fourth-order valence-corrected chi connectivity index (χ4v) is 4.06. The zero-order valence-electron chi connectivity index (χ0n) is 17.4. The van der Waals surface area contributed by atoms with Crippen molar-refractivity contribution in [3.05, 3.63) is 35.9 Å². The summed E-state index contributed by atoms with van der Waals surface area (Å²) in [4.78, 5) is 29.0. The molecule has 2 aliphatic rings. The van der Waals surface area contributed by atoms with Crippen LogP contribution in [0, 0.1) is 11.3 Å². The lowest BCUT2D eigenvalue weighted by atomic mass is 9.90. The fraction of sp³-hybridized carbons (Fsp3) is 0.476. The number of aromatic nitrogens is 3. The molecule has 1 amide bonds. The Balaban J connectivity index is 1.51. The quantitative estimate of drug-likeness (QED) is 0.734. The van der Waals surface area contributed by atoms with E-state index in [0.717, 1.165) is 0 Å². The van der Waals surface area contributed by atoms with Gasteiger partial charge in [0, 0.05) is 50.0 Å². The summed E-state index contributed by atoms with van der Waals surface area (Å²) in [5.41, 5.74) is -1.06. The first-order valence-electron chi connectivity index (χ1n) is 10.1. The summed E-state index contributed by atoms with van der Waals surface area (Å²) in [7, 11) is 1.52. The molecule has 162 valence electrons. The molecular weight excluding hydrogens is 403 g/mol. The van der Waals surface area contributed by atoms with E-state index < -0.39 is 17.6 Å². The fourth-order valence-electron chi connectivity index (χ4n) is 4.06. The Bertz CT molecular complexity index is 1020. The number of pyridine rings is 1. The Morgan fingerprint density at radius 2 is 2.10 bits per heavy atom. The molecule has 0 aliphatic carbocycles. The van der Waals surface area contributed by atoms with Crippen LogP contribution >= 0.6 is 0 Å². The van der Waals surface area contributed by atoms with Crippen LogP contribution in [0.25, 0.3) is 0 Å². The number of fused-ring (bicyclic) bond motifs is 1. The summed E-state index contributed by atoms with van der Waals surface area (Å²) in [6.45, 7) is 2.92. The molecule has 0 radical (unpaired) electrons. The average Bonchev–Trinajstić information content (AvgIpc) is 2.98. The van der Waals surface area contributed by atoms with E-state index in [1.165, 1.54) is 24.5 Å². The molecule has 10 heteroatoms. The van der Waals surface area contributed by atoms with Gasteiger partial charge in [-0.1, -0.05) is 0 Å². The van der Waals surface area contributed by atoms with Crippen LogP contribution in [-0.2, 0) is 4.79 Å². The minimum absolute atomic E-state index is 0.0472. The highest BCUT2D eigenvalue weighted by Gasteiger charge is 2.46. The minimum Gasteiger partial charge on any atom is -0.490 e. The van der Waals surface area contributed by atoms with Crippen LogP contribution in [0.5, 0.6) is 11.6 Å². The van der Waals surface area contributed by atoms with Gasteiger partial charge in [-0.25, -0.2) is 14.4 Å². The molecule has 9 nitrogen and oxygen atoms in total. The van der Waals surface area contributed by atoms with Gasteiger partial charge in [0.2, 0.25) is 5.88 Å². The van der Waals surface area contributed by atoms with Crippen molar-refractivity contribution >= 4 is 11.7 Å². The second kappa shape index (κ2) is 8.34. The van der Waals surface area contributed by atoms with Gasteiger partial charge in [0.25, 0.3) is 5.91 Å². The number of methoxy groups -OCH3 is 1. The van der Waals surface area contributed by atoms with Crippen molar-refractivity contribution in [2.24, 2.45) is 0 Å². The SMILES string of the molecule is COc1cc(N2CCC(F)(C(=O)N3CCOc4c(C#N)cncc4[C@@H]3C)CC2)ncn1. The monoisotopic (exact) mass is 426 g/mol. The van der Waals surface area contributed by atoms with E-state index in [1.54, 1.807) is 19.2 Å². The molecule has 2 aromatic rings. The van der Waals surface area contributed by atoms with Gasteiger partial charge in [-0.15, -0.1) is 0 Å². The van der Waals surface area contributed by atoms with Crippen LogP contribution in [0.15, 0.2) is 24.8 Å². The van der Waals surface area contributed by atoms with Crippen LogP contribution in [0.4, 0.5) is 10.2 Å². The molecule has 0 bridgehead atoms. The number of halogens is 1. The summed E-state index contributed by atoms with van der Waals surface area (Å²) in [6, 6.07) is 3.29. The summed E-state index contributed by atoms with van der Waals surface area (Å²) >= 11 is 0. The third kappa shape index (κ3) is 3.83. The molecule has 0 spiro atoms. The predicted molar refractivity (Wildman–Crippen MR) is 108 cm³/mol. The molecule has 1 saturated heterocycles. The first-order valence-corrected chi connectivity index (χ1v) is 10.1. The number of ether oxygens (including phenoxy) is 2. The molecule has 4 heterocycles. The van der Waals surface area contributed by atoms with Gasteiger partial charge in [-0.2, -0.15) is 5.26 Å². The van der Waals surface area contributed by atoms with Crippen molar-refractivity contribution < 1.29 is 18.7 Å². The maximum atomic E-state index is 15.8. The number of amides is 1. The number of alkyl halides is 1. The standard InChI is InChI=1S/C21H23FN6O3/c1-14-16-12-24-11-15(10-23)19(16)31-8-7-28(14)20(29)21(22)3-5-27(6-4-21)17-9-18(30-2)26-13-25-17/h9,11-14H,3-8H2,1-2H3/t14-/m0/s1. The zero-order valence-corrected chi connectivity index (χ0v) is 17.4. The lowest BCUT2D eigenvalue weighted by molar-refractivity contribution is -0.148. The second-order valence-electron chi connectivity index (χ2n) is 7.61. The van der Waals surface area contributed by atoms with Crippen molar-refractivity contribution in [3.63, 3.8) is 0 Å². The van der Waals surface area contributed by atoms with Crippen molar-refractivity contribution in [1.82, 2.24) is 19.9 Å². The molecule has 1 atom stereocenters. The summed E-state index contributed by atoms with van der Waals surface area (Å²) in [5.74, 6) is 0.932. The Labute approximate surface area is 179 Å². The van der Waals surface area contributed by atoms with E-state index in [1.807, 2.05) is 4.90 Å². The van der Waals surface area contributed by atoms with Gasteiger partial charge in [-0.05, 0) is 6.92 Å². The molecule has 2 aromatic heterocycles. The third-order valence-corrected chi connectivity index (χ3v) is 5.90. The smallest absolute Gasteiger partial charge is 0.261 e. The molecule has 0 saturated carbocycles. The number of carbonyl (C=O) groups excluding carboxylic acids is 1. The third-order valence-electron chi connectivity index (χ3n) is 5.90. The maximum Gasteiger partial charge on any atom is 0.261 e. The highest BCUT2D eigenvalue weighted by Crippen LogP contribution is 2.38. The summed E-state index contributed by atoms with van der Waals surface area (Å²) in [6.07, 6.45) is 4.49. The number of rotatable bonds is 3. The maximum absolute atomic E-state index is 15.8. The molecule has 0 aromatic carbocycles. The number of carbonyl (C=O) groups is 1. The Morgan fingerprint density at radius 1 is 1.32 bits per heavy atom. The van der Waals surface area contributed by atoms with Gasteiger partial charge in [0.15, 0.2) is 5.67 Å². The van der Waals surface area contributed by atoms with E-state index in [9.17, 15) is 10.1 Å². The van der Waals surface area contributed by atoms with Crippen molar-refractivity contribution in [3.8, 4) is 17.7 Å². The Morgan fingerprint density at radius 3 is 2.81 bits per heavy atom. The van der Waals surface area contributed by atoms with Crippen LogP contribution in [-0.4, -0.2) is 64.8 Å². The number of nitrogens with zero attached hydrogens (tertiary/aromatic N) is 6. The molecule has 2 aliphatic heterocycles. The van der Waals surface area contributed by atoms with E-state index in [0.29, 0.717) is 41.7 Å². The summed E-state index contributed by atoms with van der Waals surface area (Å²) in [5, 5.41) is 9.31.